The number of rotatable bonds is 8. The van der Waals surface area contributed by atoms with Crippen molar-refractivity contribution in [2.24, 2.45) is 0 Å². The van der Waals surface area contributed by atoms with Gasteiger partial charge in [0.2, 0.25) is 0 Å². The monoisotopic (exact) mass is 292 g/mol. The van der Waals surface area contributed by atoms with E-state index >= 15 is 0 Å². The molecule has 5 heteroatoms. The fourth-order valence-electron chi connectivity index (χ4n) is 2.90. The number of anilines is 2. The lowest BCUT2D eigenvalue weighted by atomic mass is 10.1. The van der Waals surface area contributed by atoms with Crippen molar-refractivity contribution in [2.75, 3.05) is 24.3 Å². The summed E-state index contributed by atoms with van der Waals surface area (Å²) in [5, 5.41) is 7.02. The number of hydrogen-bond donors (Lipinski definition) is 2. The summed E-state index contributed by atoms with van der Waals surface area (Å²) in [7, 11) is 1.80. The zero-order valence-electron chi connectivity index (χ0n) is 13.5. The first kappa shape index (κ1) is 16.0. The van der Waals surface area contributed by atoms with Gasteiger partial charge < -0.3 is 15.4 Å². The molecule has 1 aromatic heterocycles. The molecular weight excluding hydrogens is 264 g/mol. The van der Waals surface area contributed by atoms with Crippen molar-refractivity contribution in [3.05, 3.63) is 11.9 Å². The molecule has 1 aromatic rings. The second-order valence-corrected chi connectivity index (χ2v) is 5.74. The second-order valence-electron chi connectivity index (χ2n) is 5.74. The van der Waals surface area contributed by atoms with E-state index in [9.17, 15) is 0 Å². The number of aromatic nitrogens is 2. The minimum absolute atomic E-state index is 0.386. The van der Waals surface area contributed by atoms with Crippen LogP contribution in [0.25, 0.3) is 0 Å². The van der Waals surface area contributed by atoms with E-state index < -0.39 is 0 Å². The Labute approximate surface area is 127 Å². The maximum absolute atomic E-state index is 5.45. The van der Waals surface area contributed by atoms with Crippen molar-refractivity contribution in [3.8, 4) is 0 Å². The van der Waals surface area contributed by atoms with Crippen LogP contribution in [-0.2, 0) is 11.2 Å². The van der Waals surface area contributed by atoms with E-state index in [1.54, 1.807) is 13.4 Å². The molecule has 1 fully saturated rings. The smallest absolute Gasteiger partial charge is 0.134 e. The van der Waals surface area contributed by atoms with Crippen molar-refractivity contribution in [1.29, 1.82) is 0 Å². The molecule has 0 bridgehead atoms. The van der Waals surface area contributed by atoms with Crippen LogP contribution in [-0.4, -0.2) is 35.8 Å². The van der Waals surface area contributed by atoms with Gasteiger partial charge in [0.1, 0.15) is 18.0 Å². The molecule has 2 rings (SSSR count). The fraction of sp³-hybridized carbons (Fsp3) is 0.750. The van der Waals surface area contributed by atoms with Crippen LogP contribution in [0.1, 0.15) is 51.5 Å². The molecular formula is C16H28N4O. The Kier molecular flexibility index (Phi) is 6.23. The van der Waals surface area contributed by atoms with Gasteiger partial charge in [-0.05, 0) is 32.1 Å². The predicted molar refractivity (Wildman–Crippen MR) is 86.9 cm³/mol. The number of hydrogen-bond acceptors (Lipinski definition) is 5. The third-order valence-corrected chi connectivity index (χ3v) is 4.05. The van der Waals surface area contributed by atoms with Crippen LogP contribution in [0, 0.1) is 0 Å². The molecule has 1 aliphatic carbocycles. The zero-order valence-corrected chi connectivity index (χ0v) is 13.5. The van der Waals surface area contributed by atoms with Crippen LogP contribution in [0.5, 0.6) is 0 Å². The lowest BCUT2D eigenvalue weighted by molar-refractivity contribution is 0.108. The van der Waals surface area contributed by atoms with Gasteiger partial charge in [0, 0.05) is 25.3 Å². The number of methoxy groups -OCH3 is 1. The summed E-state index contributed by atoms with van der Waals surface area (Å²) in [5.74, 6) is 1.98. The van der Waals surface area contributed by atoms with Crippen molar-refractivity contribution in [1.82, 2.24) is 9.97 Å². The van der Waals surface area contributed by atoms with Crippen LogP contribution in [0.15, 0.2) is 6.33 Å². The molecule has 21 heavy (non-hydrogen) atoms. The van der Waals surface area contributed by atoms with Gasteiger partial charge in [-0.25, -0.2) is 9.97 Å². The largest absolute Gasteiger partial charge is 0.381 e. The molecule has 0 amide bonds. The lowest BCUT2D eigenvalue weighted by Gasteiger charge is -2.18. The minimum atomic E-state index is 0.386. The van der Waals surface area contributed by atoms with Crippen molar-refractivity contribution in [3.63, 3.8) is 0 Å². The molecule has 5 nitrogen and oxygen atoms in total. The highest BCUT2D eigenvalue weighted by Gasteiger charge is 2.25. The van der Waals surface area contributed by atoms with Crippen molar-refractivity contribution < 1.29 is 4.74 Å². The maximum atomic E-state index is 5.45. The molecule has 2 atom stereocenters. The Morgan fingerprint density at radius 1 is 1.19 bits per heavy atom. The topological polar surface area (TPSA) is 59.1 Å². The summed E-state index contributed by atoms with van der Waals surface area (Å²) >= 11 is 0. The van der Waals surface area contributed by atoms with E-state index in [4.69, 9.17) is 4.74 Å². The van der Waals surface area contributed by atoms with Gasteiger partial charge in [0.15, 0.2) is 0 Å². The summed E-state index contributed by atoms with van der Waals surface area (Å²) in [4.78, 5) is 8.89. The van der Waals surface area contributed by atoms with E-state index in [0.717, 1.165) is 56.7 Å². The molecule has 1 saturated carbocycles. The van der Waals surface area contributed by atoms with E-state index in [1.807, 2.05) is 0 Å². The highest BCUT2D eigenvalue weighted by Crippen LogP contribution is 2.28. The van der Waals surface area contributed by atoms with Gasteiger partial charge in [0.25, 0.3) is 0 Å². The molecule has 1 heterocycles. The first-order chi connectivity index (χ1) is 10.3. The molecule has 1 aliphatic rings. The molecule has 0 aromatic carbocycles. The van der Waals surface area contributed by atoms with Gasteiger partial charge in [-0.3, -0.25) is 0 Å². The third-order valence-electron chi connectivity index (χ3n) is 4.05. The predicted octanol–water partition coefficient (Wildman–Crippen LogP) is 3.23. The Morgan fingerprint density at radius 3 is 2.67 bits per heavy atom. The second kappa shape index (κ2) is 8.17. The van der Waals surface area contributed by atoms with Crippen LogP contribution < -0.4 is 10.6 Å². The number of nitrogens with zero attached hydrogens (tertiary/aromatic N) is 2. The highest BCUT2D eigenvalue weighted by atomic mass is 16.5. The Hall–Kier alpha value is -1.36. The lowest BCUT2D eigenvalue weighted by Crippen LogP contribution is -2.20. The summed E-state index contributed by atoms with van der Waals surface area (Å²) in [6.07, 6.45) is 8.55. The van der Waals surface area contributed by atoms with Crippen molar-refractivity contribution in [2.45, 2.75) is 64.5 Å². The van der Waals surface area contributed by atoms with Gasteiger partial charge in [-0.15, -0.1) is 0 Å². The maximum Gasteiger partial charge on any atom is 0.134 e. The van der Waals surface area contributed by atoms with E-state index in [1.165, 1.54) is 5.56 Å². The molecule has 0 radical (unpaired) electrons. The Bertz CT molecular complexity index is 438. The zero-order chi connectivity index (χ0) is 15.1. The summed E-state index contributed by atoms with van der Waals surface area (Å²) in [6, 6.07) is 0.458. The summed E-state index contributed by atoms with van der Waals surface area (Å²) in [6.45, 7) is 5.30. The normalized spacial score (nSPS) is 21.5. The molecule has 0 saturated heterocycles. The van der Waals surface area contributed by atoms with E-state index in [-0.39, 0.29) is 0 Å². The minimum Gasteiger partial charge on any atom is -0.381 e. The highest BCUT2D eigenvalue weighted by molar-refractivity contribution is 5.57. The van der Waals surface area contributed by atoms with Crippen LogP contribution in [0.2, 0.25) is 0 Å². The van der Waals surface area contributed by atoms with E-state index in [0.29, 0.717) is 12.1 Å². The van der Waals surface area contributed by atoms with Gasteiger partial charge in [0.05, 0.1) is 6.10 Å². The standard InChI is InChI=1S/C16H28N4O/c1-4-6-14-15(17-9-5-2)18-11-19-16(14)20-12-7-8-13(10-12)21-3/h11-13H,4-10H2,1-3H3,(H2,17,18,19,20). The Morgan fingerprint density at radius 2 is 2.00 bits per heavy atom. The first-order valence-electron chi connectivity index (χ1n) is 8.15. The number of nitrogens with one attached hydrogen (secondary N) is 2. The number of ether oxygens (including phenoxy) is 1. The summed E-state index contributed by atoms with van der Waals surface area (Å²) < 4.78 is 5.45. The van der Waals surface area contributed by atoms with Crippen LogP contribution in [0.3, 0.4) is 0 Å². The van der Waals surface area contributed by atoms with Gasteiger partial charge >= 0.3 is 0 Å². The molecule has 0 spiro atoms. The summed E-state index contributed by atoms with van der Waals surface area (Å²) in [5.41, 5.74) is 1.22. The van der Waals surface area contributed by atoms with E-state index in [2.05, 4.69) is 34.4 Å². The first-order valence-corrected chi connectivity index (χ1v) is 8.15. The van der Waals surface area contributed by atoms with Crippen molar-refractivity contribution >= 4 is 11.6 Å². The van der Waals surface area contributed by atoms with Gasteiger partial charge in [-0.1, -0.05) is 20.3 Å². The average Bonchev–Trinajstić information content (AvgIpc) is 2.95. The Balaban J connectivity index is 2.10. The molecule has 0 aliphatic heterocycles. The molecule has 118 valence electrons. The quantitative estimate of drug-likeness (QED) is 0.770. The third kappa shape index (κ3) is 4.30. The van der Waals surface area contributed by atoms with Crippen LogP contribution in [0.4, 0.5) is 11.6 Å². The van der Waals surface area contributed by atoms with Gasteiger partial charge in [-0.2, -0.15) is 0 Å². The molecule has 2 N–H and O–H groups in total. The fourth-order valence-corrected chi connectivity index (χ4v) is 2.90. The SMILES string of the molecule is CCCNc1ncnc(NC2CCC(OC)C2)c1CCC. The molecule has 2 unspecified atom stereocenters. The van der Waals surface area contributed by atoms with Crippen LogP contribution >= 0.6 is 0 Å². The average molecular weight is 292 g/mol.